The fourth-order valence-corrected chi connectivity index (χ4v) is 3.44. The van der Waals surface area contributed by atoms with Crippen molar-refractivity contribution < 1.29 is 0 Å². The van der Waals surface area contributed by atoms with Gasteiger partial charge in [-0.3, -0.25) is 9.97 Å². The molecule has 0 aliphatic rings. The van der Waals surface area contributed by atoms with Crippen LogP contribution in [0.1, 0.15) is 0 Å². The molecule has 0 amide bonds. The van der Waals surface area contributed by atoms with Gasteiger partial charge in [0.15, 0.2) is 5.11 Å². The van der Waals surface area contributed by atoms with Crippen molar-refractivity contribution >= 4 is 66.9 Å². The van der Waals surface area contributed by atoms with Crippen molar-refractivity contribution in [2.45, 2.75) is 0 Å². The van der Waals surface area contributed by atoms with Crippen molar-refractivity contribution in [2.24, 2.45) is 0 Å². The number of anilines is 1. The number of rotatable bonds is 1. The molecule has 2 aromatic carbocycles. The Kier molecular flexibility index (Phi) is 3.77. The number of aromatic nitrogens is 4. The molecule has 0 radical (unpaired) electrons. The average molecular weight is 384 g/mol. The fraction of sp³-hybridized carbons (Fsp3) is 0.0952. The summed E-state index contributed by atoms with van der Waals surface area (Å²) in [7, 11) is 3.80. The molecule has 0 saturated carbocycles. The number of nitrogens with one attached hydrogen (secondary N) is 1. The molecule has 0 atom stereocenters. The highest BCUT2D eigenvalue weighted by molar-refractivity contribution is 7.80. The maximum Gasteiger partial charge on any atom is 0.172 e. The molecular formula is C21H16N6S. The maximum absolute atomic E-state index is 5.34. The molecule has 0 fully saturated rings. The van der Waals surface area contributed by atoms with Gasteiger partial charge in [-0.1, -0.05) is 12.1 Å². The molecule has 6 nitrogen and oxygen atoms in total. The Labute approximate surface area is 166 Å². The summed E-state index contributed by atoms with van der Waals surface area (Å²) in [6.45, 7) is 0. The average Bonchev–Trinajstić information content (AvgIpc) is 2.72. The third-order valence-corrected chi connectivity index (χ3v) is 5.14. The van der Waals surface area contributed by atoms with Crippen LogP contribution in [0.4, 0.5) is 5.69 Å². The van der Waals surface area contributed by atoms with Crippen LogP contribution in [0.2, 0.25) is 0 Å². The lowest BCUT2D eigenvalue weighted by Gasteiger charge is -2.15. The van der Waals surface area contributed by atoms with Crippen LogP contribution < -0.4 is 5.32 Å². The highest BCUT2D eigenvalue weighted by Gasteiger charge is 2.14. The van der Waals surface area contributed by atoms with Crippen LogP contribution in [-0.2, 0) is 0 Å². The first-order valence-corrected chi connectivity index (χ1v) is 9.24. The number of hydrogen-bond acceptors (Lipinski definition) is 5. The summed E-state index contributed by atoms with van der Waals surface area (Å²) < 4.78 is 0. The molecule has 5 rings (SSSR count). The van der Waals surface area contributed by atoms with Crippen LogP contribution in [-0.4, -0.2) is 44.0 Å². The molecule has 0 saturated heterocycles. The molecule has 0 bridgehead atoms. The van der Waals surface area contributed by atoms with Gasteiger partial charge in [-0.15, -0.1) is 0 Å². The van der Waals surface area contributed by atoms with Gasteiger partial charge in [-0.05, 0) is 42.5 Å². The van der Waals surface area contributed by atoms with E-state index >= 15 is 0 Å². The van der Waals surface area contributed by atoms with E-state index in [9.17, 15) is 0 Å². The number of thiocarbonyl (C=S) groups is 1. The zero-order valence-corrected chi connectivity index (χ0v) is 16.2. The molecule has 5 aromatic rings. The summed E-state index contributed by atoms with van der Waals surface area (Å²) >= 11 is 5.34. The largest absolute Gasteiger partial charge is 0.355 e. The van der Waals surface area contributed by atoms with Crippen molar-refractivity contribution in [3.63, 3.8) is 0 Å². The Balaban J connectivity index is 1.83. The number of fused-ring (bicyclic) bond motifs is 7. The SMILES string of the molecule is CN(C)C(=S)Nc1ccc2nc3c4ncccc4c4cccnc4c3nc2c1. The molecule has 7 heteroatoms. The first-order chi connectivity index (χ1) is 13.6. The summed E-state index contributed by atoms with van der Waals surface area (Å²) in [6, 6.07) is 13.8. The van der Waals surface area contributed by atoms with Crippen molar-refractivity contribution in [1.82, 2.24) is 24.8 Å². The topological polar surface area (TPSA) is 66.8 Å². The molecule has 3 heterocycles. The third kappa shape index (κ3) is 2.59. The van der Waals surface area contributed by atoms with E-state index in [2.05, 4.69) is 15.3 Å². The van der Waals surface area contributed by atoms with Gasteiger partial charge in [0, 0.05) is 42.9 Å². The van der Waals surface area contributed by atoms with E-state index in [1.807, 2.05) is 61.5 Å². The predicted octanol–water partition coefficient (Wildman–Crippen LogP) is 4.14. The van der Waals surface area contributed by atoms with Crippen LogP contribution in [0, 0.1) is 0 Å². The van der Waals surface area contributed by atoms with Crippen LogP contribution in [0.5, 0.6) is 0 Å². The zero-order valence-electron chi connectivity index (χ0n) is 15.3. The zero-order chi connectivity index (χ0) is 19.3. The molecule has 0 unspecified atom stereocenters. The third-order valence-electron chi connectivity index (χ3n) is 4.68. The van der Waals surface area contributed by atoms with E-state index in [0.717, 1.165) is 49.6 Å². The van der Waals surface area contributed by atoms with Crippen molar-refractivity contribution in [3.8, 4) is 0 Å². The van der Waals surface area contributed by atoms with Crippen LogP contribution in [0.25, 0.3) is 43.9 Å². The number of benzene rings is 2. The predicted molar refractivity (Wildman–Crippen MR) is 118 cm³/mol. The van der Waals surface area contributed by atoms with Crippen LogP contribution in [0.3, 0.4) is 0 Å². The van der Waals surface area contributed by atoms with E-state index in [1.54, 1.807) is 12.4 Å². The first-order valence-electron chi connectivity index (χ1n) is 8.83. The standard InChI is InChI=1S/C21H16N6S/c1-27(2)21(28)24-12-7-8-15-16(11-12)26-20-18-14(6-4-10-23-18)13-5-3-9-22-17(13)19(20)25-15/h3-11H,1-2H3,(H,24,28). The van der Waals surface area contributed by atoms with Crippen molar-refractivity contribution in [1.29, 1.82) is 0 Å². The minimum atomic E-state index is 0.635. The molecular weight excluding hydrogens is 368 g/mol. The molecule has 1 N–H and O–H groups in total. The second kappa shape index (κ2) is 6.31. The van der Waals surface area contributed by atoms with Gasteiger partial charge in [0.05, 0.1) is 22.1 Å². The lowest BCUT2D eigenvalue weighted by molar-refractivity contribution is 0.634. The molecule has 0 spiro atoms. The van der Waals surface area contributed by atoms with Gasteiger partial charge in [0.25, 0.3) is 0 Å². The minimum absolute atomic E-state index is 0.635. The van der Waals surface area contributed by atoms with Crippen LogP contribution >= 0.6 is 12.2 Å². The summed E-state index contributed by atoms with van der Waals surface area (Å²) in [6.07, 6.45) is 3.56. The maximum atomic E-state index is 5.34. The minimum Gasteiger partial charge on any atom is -0.355 e. The second-order valence-corrected chi connectivity index (χ2v) is 7.13. The Morgan fingerprint density at radius 3 is 2.04 bits per heavy atom. The van der Waals surface area contributed by atoms with Gasteiger partial charge in [0.2, 0.25) is 0 Å². The van der Waals surface area contributed by atoms with E-state index in [1.165, 1.54) is 0 Å². The van der Waals surface area contributed by atoms with Gasteiger partial charge >= 0.3 is 0 Å². The quantitative estimate of drug-likeness (QED) is 0.265. The smallest absolute Gasteiger partial charge is 0.172 e. The van der Waals surface area contributed by atoms with E-state index in [-0.39, 0.29) is 0 Å². The number of hydrogen-bond donors (Lipinski definition) is 1. The Morgan fingerprint density at radius 2 is 1.43 bits per heavy atom. The summed E-state index contributed by atoms with van der Waals surface area (Å²) in [5, 5.41) is 5.90. The van der Waals surface area contributed by atoms with E-state index in [4.69, 9.17) is 22.2 Å². The lowest BCUT2D eigenvalue weighted by Crippen LogP contribution is -2.26. The Morgan fingerprint density at radius 1 is 0.821 bits per heavy atom. The number of pyridine rings is 2. The highest BCUT2D eigenvalue weighted by atomic mass is 32.1. The van der Waals surface area contributed by atoms with Gasteiger partial charge < -0.3 is 10.2 Å². The number of nitrogens with zero attached hydrogens (tertiary/aromatic N) is 5. The molecule has 0 aliphatic heterocycles. The van der Waals surface area contributed by atoms with Gasteiger partial charge in [0.1, 0.15) is 11.0 Å². The fourth-order valence-electron chi connectivity index (χ4n) is 3.32. The lowest BCUT2D eigenvalue weighted by atomic mass is 10.1. The van der Waals surface area contributed by atoms with Crippen molar-refractivity contribution in [2.75, 3.05) is 19.4 Å². The second-order valence-electron chi connectivity index (χ2n) is 6.75. The van der Waals surface area contributed by atoms with Crippen molar-refractivity contribution in [3.05, 3.63) is 54.9 Å². The summed E-state index contributed by atoms with van der Waals surface area (Å²) in [4.78, 5) is 20.8. The monoisotopic (exact) mass is 384 g/mol. The molecule has 0 aliphatic carbocycles. The Hall–Kier alpha value is -3.45. The Bertz CT molecular complexity index is 1400. The highest BCUT2D eigenvalue weighted by Crippen LogP contribution is 2.32. The molecule has 136 valence electrons. The van der Waals surface area contributed by atoms with E-state index in [0.29, 0.717) is 5.11 Å². The first kappa shape index (κ1) is 16.7. The van der Waals surface area contributed by atoms with Gasteiger partial charge in [-0.25, -0.2) is 9.97 Å². The van der Waals surface area contributed by atoms with Crippen LogP contribution in [0.15, 0.2) is 54.9 Å². The van der Waals surface area contributed by atoms with E-state index < -0.39 is 0 Å². The summed E-state index contributed by atoms with van der Waals surface area (Å²) in [5.41, 5.74) is 5.63. The molecule has 3 aromatic heterocycles. The normalized spacial score (nSPS) is 11.4. The summed E-state index contributed by atoms with van der Waals surface area (Å²) in [5.74, 6) is 0. The van der Waals surface area contributed by atoms with Gasteiger partial charge in [-0.2, -0.15) is 0 Å². The molecule has 28 heavy (non-hydrogen) atoms.